The Bertz CT molecular complexity index is 1040. The summed E-state index contributed by atoms with van der Waals surface area (Å²) in [4.78, 5) is 37.1. The van der Waals surface area contributed by atoms with Crippen LogP contribution in [0.1, 0.15) is 19.8 Å². The van der Waals surface area contributed by atoms with Gasteiger partial charge in [-0.3, -0.25) is 19.7 Å². The lowest BCUT2D eigenvalue weighted by Gasteiger charge is -2.21. The van der Waals surface area contributed by atoms with Gasteiger partial charge < -0.3 is 15.1 Å². The Kier molecular flexibility index (Phi) is 5.90. The topological polar surface area (TPSA) is 166 Å². The number of unbranched alkanes of at least 4 members (excludes halogenated alkanes) is 1. The number of benzene rings is 1. The van der Waals surface area contributed by atoms with E-state index >= 15 is 0 Å². The number of hydrogen-bond acceptors (Lipinski definition) is 7. The first kappa shape index (κ1) is 19.8. The highest BCUT2D eigenvalue weighted by Gasteiger charge is 2.32. The zero-order chi connectivity index (χ0) is 19.5. The molecule has 2 aromatic rings. The molecule has 0 saturated carbocycles. The Balaban J connectivity index is 2.73. The minimum atomic E-state index is -4.31. The molecule has 0 saturated heterocycles. The van der Waals surface area contributed by atoms with Gasteiger partial charge in [-0.2, -0.15) is 4.31 Å². The van der Waals surface area contributed by atoms with Gasteiger partial charge in [-0.15, -0.1) is 0 Å². The standard InChI is InChI=1S/C14H18N4O7S/c1-2-3-4-17(5-6-19)26(24,25)12-8-10-9(7-11(12)18(22)23)15-13(20)14(21)16-10/h7-8,19H,2-6H2,1H3,(H,15,20)(H,16,21). The largest absolute Gasteiger partial charge is 0.395 e. The van der Waals surface area contributed by atoms with Gasteiger partial charge in [0.25, 0.3) is 5.69 Å². The molecule has 0 aliphatic carbocycles. The molecule has 0 atom stereocenters. The number of fused-ring (bicyclic) bond motifs is 1. The number of hydrogen-bond donors (Lipinski definition) is 3. The summed E-state index contributed by atoms with van der Waals surface area (Å²) in [5.41, 5.74) is -2.87. The lowest BCUT2D eigenvalue weighted by Crippen LogP contribution is -2.35. The summed E-state index contributed by atoms with van der Waals surface area (Å²) in [6.45, 7) is 1.26. The number of nitrogens with zero attached hydrogens (tertiary/aromatic N) is 2. The number of rotatable bonds is 8. The van der Waals surface area contributed by atoms with Crippen LogP contribution in [0.15, 0.2) is 26.6 Å². The normalized spacial score (nSPS) is 12.0. The lowest BCUT2D eigenvalue weighted by molar-refractivity contribution is -0.387. The average molecular weight is 386 g/mol. The first-order valence-electron chi connectivity index (χ1n) is 7.78. The van der Waals surface area contributed by atoms with E-state index in [0.29, 0.717) is 12.8 Å². The van der Waals surface area contributed by atoms with Gasteiger partial charge in [-0.05, 0) is 12.5 Å². The maximum Gasteiger partial charge on any atom is 0.314 e. The Morgan fingerprint density at radius 3 is 2.23 bits per heavy atom. The molecule has 1 aromatic heterocycles. The fraction of sp³-hybridized carbons (Fsp3) is 0.429. The van der Waals surface area contributed by atoms with Crippen LogP contribution in [0, 0.1) is 10.1 Å². The van der Waals surface area contributed by atoms with E-state index in [9.17, 15) is 28.1 Å². The van der Waals surface area contributed by atoms with E-state index in [2.05, 4.69) is 9.97 Å². The predicted octanol–water partition coefficient (Wildman–Crippen LogP) is -0.0923. The molecule has 1 aromatic carbocycles. The summed E-state index contributed by atoms with van der Waals surface area (Å²) in [6.07, 6.45) is 1.19. The van der Waals surface area contributed by atoms with Crippen molar-refractivity contribution < 1.29 is 18.4 Å². The Labute approximate surface area is 147 Å². The Morgan fingerprint density at radius 1 is 1.15 bits per heavy atom. The summed E-state index contributed by atoms with van der Waals surface area (Å²) in [6, 6.07) is 1.83. The van der Waals surface area contributed by atoms with Crippen molar-refractivity contribution in [2.75, 3.05) is 19.7 Å². The molecule has 0 amide bonds. The molecule has 26 heavy (non-hydrogen) atoms. The number of H-pyrrole nitrogens is 2. The molecule has 0 aliphatic rings. The SMILES string of the molecule is CCCCN(CCO)S(=O)(=O)c1cc2[nH]c(=O)c(=O)[nH]c2cc1[N+](=O)[O-]. The quantitative estimate of drug-likeness (QED) is 0.324. The minimum Gasteiger partial charge on any atom is -0.395 e. The summed E-state index contributed by atoms with van der Waals surface area (Å²) in [7, 11) is -4.31. The fourth-order valence-electron chi connectivity index (χ4n) is 2.42. The van der Waals surface area contributed by atoms with Crippen molar-refractivity contribution in [1.82, 2.24) is 14.3 Å². The molecular weight excluding hydrogens is 368 g/mol. The molecule has 0 spiro atoms. The number of aliphatic hydroxyl groups is 1. The molecule has 0 bridgehead atoms. The van der Waals surface area contributed by atoms with Crippen molar-refractivity contribution >= 4 is 26.7 Å². The van der Waals surface area contributed by atoms with Crippen molar-refractivity contribution in [3.05, 3.63) is 43.0 Å². The monoisotopic (exact) mass is 386 g/mol. The maximum atomic E-state index is 12.9. The van der Waals surface area contributed by atoms with Gasteiger partial charge in [0.1, 0.15) is 0 Å². The van der Waals surface area contributed by atoms with E-state index in [1.165, 1.54) is 0 Å². The molecule has 0 radical (unpaired) electrons. The van der Waals surface area contributed by atoms with Crippen molar-refractivity contribution in [1.29, 1.82) is 0 Å². The van der Waals surface area contributed by atoms with Crippen molar-refractivity contribution in [2.24, 2.45) is 0 Å². The number of nitrogens with one attached hydrogen (secondary N) is 2. The van der Waals surface area contributed by atoms with Crippen LogP contribution < -0.4 is 11.1 Å². The Hall–Kier alpha value is -2.57. The molecule has 11 nitrogen and oxygen atoms in total. The van der Waals surface area contributed by atoms with Crippen LogP contribution in [0.25, 0.3) is 11.0 Å². The number of sulfonamides is 1. The molecular formula is C14H18N4O7S. The number of nitro benzene ring substituents is 1. The van der Waals surface area contributed by atoms with E-state index in [0.717, 1.165) is 16.4 Å². The second kappa shape index (κ2) is 7.76. The highest BCUT2D eigenvalue weighted by molar-refractivity contribution is 7.89. The second-order valence-corrected chi connectivity index (χ2v) is 7.42. The van der Waals surface area contributed by atoms with Crippen molar-refractivity contribution in [3.63, 3.8) is 0 Å². The van der Waals surface area contributed by atoms with E-state index < -0.39 is 43.3 Å². The van der Waals surface area contributed by atoms with Gasteiger partial charge in [-0.25, -0.2) is 8.42 Å². The molecule has 0 aliphatic heterocycles. The summed E-state index contributed by atoms with van der Waals surface area (Å²) in [5, 5.41) is 20.5. The first-order chi connectivity index (χ1) is 12.2. The summed E-state index contributed by atoms with van der Waals surface area (Å²) >= 11 is 0. The van der Waals surface area contributed by atoms with E-state index in [4.69, 9.17) is 5.11 Å². The molecule has 142 valence electrons. The van der Waals surface area contributed by atoms with E-state index in [-0.39, 0.29) is 24.1 Å². The molecule has 1 heterocycles. The number of aromatic nitrogens is 2. The van der Waals surface area contributed by atoms with Gasteiger partial charge in [0.2, 0.25) is 10.0 Å². The molecule has 2 rings (SSSR count). The number of aromatic amines is 2. The highest BCUT2D eigenvalue weighted by atomic mass is 32.2. The van der Waals surface area contributed by atoms with Gasteiger partial charge in [0.15, 0.2) is 4.90 Å². The van der Waals surface area contributed by atoms with Crippen LogP contribution in [-0.4, -0.2) is 52.4 Å². The zero-order valence-electron chi connectivity index (χ0n) is 13.9. The smallest absolute Gasteiger partial charge is 0.314 e. The first-order valence-corrected chi connectivity index (χ1v) is 9.22. The van der Waals surface area contributed by atoms with Crippen molar-refractivity contribution in [2.45, 2.75) is 24.7 Å². The van der Waals surface area contributed by atoms with Crippen LogP contribution in [0.2, 0.25) is 0 Å². The van der Waals surface area contributed by atoms with Gasteiger partial charge in [0.05, 0.1) is 22.6 Å². The van der Waals surface area contributed by atoms with Crippen LogP contribution in [0.3, 0.4) is 0 Å². The maximum absolute atomic E-state index is 12.9. The number of aliphatic hydroxyl groups excluding tert-OH is 1. The van der Waals surface area contributed by atoms with Crippen molar-refractivity contribution in [3.8, 4) is 0 Å². The van der Waals surface area contributed by atoms with Gasteiger partial charge in [-0.1, -0.05) is 13.3 Å². The van der Waals surface area contributed by atoms with Crippen LogP contribution in [0.4, 0.5) is 5.69 Å². The molecule has 3 N–H and O–H groups in total. The molecule has 0 unspecified atom stereocenters. The van der Waals surface area contributed by atoms with Gasteiger partial charge in [0, 0.05) is 19.2 Å². The molecule has 0 fully saturated rings. The predicted molar refractivity (Wildman–Crippen MR) is 92.6 cm³/mol. The summed E-state index contributed by atoms with van der Waals surface area (Å²) in [5.74, 6) is 0. The third kappa shape index (κ3) is 3.81. The zero-order valence-corrected chi connectivity index (χ0v) is 14.7. The summed E-state index contributed by atoms with van der Waals surface area (Å²) < 4.78 is 26.7. The van der Waals surface area contributed by atoms with Crippen LogP contribution in [0.5, 0.6) is 0 Å². The lowest BCUT2D eigenvalue weighted by atomic mass is 10.2. The second-order valence-electron chi connectivity index (χ2n) is 5.51. The number of nitro groups is 1. The van der Waals surface area contributed by atoms with Gasteiger partial charge >= 0.3 is 11.1 Å². The average Bonchev–Trinajstić information content (AvgIpc) is 2.58. The van der Waals surface area contributed by atoms with E-state index in [1.54, 1.807) is 0 Å². The third-order valence-electron chi connectivity index (χ3n) is 3.73. The molecule has 12 heteroatoms. The third-order valence-corrected chi connectivity index (χ3v) is 5.65. The van der Waals surface area contributed by atoms with Crippen LogP contribution in [-0.2, 0) is 10.0 Å². The highest BCUT2D eigenvalue weighted by Crippen LogP contribution is 2.29. The van der Waals surface area contributed by atoms with E-state index in [1.807, 2.05) is 6.92 Å². The Morgan fingerprint density at radius 2 is 1.73 bits per heavy atom. The fourth-order valence-corrected chi connectivity index (χ4v) is 4.05. The van der Waals surface area contributed by atoms with Crippen LogP contribution >= 0.6 is 0 Å². The minimum absolute atomic E-state index is 0.0572.